The maximum atomic E-state index is 13.2. The van der Waals surface area contributed by atoms with Gasteiger partial charge in [-0.05, 0) is 37.3 Å². The number of carbonyl (C=O) groups is 1. The van der Waals surface area contributed by atoms with Crippen molar-refractivity contribution in [2.24, 2.45) is 7.05 Å². The van der Waals surface area contributed by atoms with E-state index in [1.165, 1.54) is 0 Å². The Labute approximate surface area is 180 Å². The van der Waals surface area contributed by atoms with E-state index in [1.807, 2.05) is 62.6 Å². The number of para-hydroxylation sites is 1. The summed E-state index contributed by atoms with van der Waals surface area (Å²) in [7, 11) is 5.08. The van der Waals surface area contributed by atoms with E-state index in [4.69, 9.17) is 14.5 Å². The molecule has 7 nitrogen and oxygen atoms in total. The molecule has 2 heterocycles. The van der Waals surface area contributed by atoms with Gasteiger partial charge in [-0.1, -0.05) is 18.2 Å². The number of carbonyl (C=O) groups excluding carboxylic acids is 1. The highest BCUT2D eigenvalue weighted by Gasteiger charge is 2.17. The van der Waals surface area contributed by atoms with Gasteiger partial charge in [-0.15, -0.1) is 0 Å². The lowest BCUT2D eigenvalue weighted by Crippen LogP contribution is -2.23. The second-order valence-electron chi connectivity index (χ2n) is 7.23. The van der Waals surface area contributed by atoms with Crippen molar-refractivity contribution in [2.75, 3.05) is 14.2 Å². The van der Waals surface area contributed by atoms with E-state index in [-0.39, 0.29) is 5.91 Å². The fraction of sp³-hybridized carbons (Fsp3) is 0.208. The van der Waals surface area contributed by atoms with Crippen LogP contribution in [0.15, 0.2) is 54.7 Å². The normalized spacial score (nSPS) is 10.8. The van der Waals surface area contributed by atoms with Crippen LogP contribution in [0, 0.1) is 6.92 Å². The Morgan fingerprint density at radius 3 is 2.61 bits per heavy atom. The van der Waals surface area contributed by atoms with E-state index >= 15 is 0 Å². The Hall–Kier alpha value is -3.87. The van der Waals surface area contributed by atoms with Gasteiger partial charge in [0, 0.05) is 36.3 Å². The molecule has 158 valence electrons. The molecule has 0 aliphatic rings. The quantitative estimate of drug-likeness (QED) is 0.516. The molecule has 2 aromatic carbocycles. The molecule has 0 atom stereocenters. The van der Waals surface area contributed by atoms with Gasteiger partial charge in [0.1, 0.15) is 11.5 Å². The van der Waals surface area contributed by atoms with Gasteiger partial charge in [0.15, 0.2) is 0 Å². The van der Waals surface area contributed by atoms with E-state index in [2.05, 4.69) is 10.4 Å². The van der Waals surface area contributed by atoms with Crippen molar-refractivity contribution < 1.29 is 14.3 Å². The fourth-order valence-electron chi connectivity index (χ4n) is 3.61. The van der Waals surface area contributed by atoms with Crippen molar-refractivity contribution in [1.29, 1.82) is 0 Å². The van der Waals surface area contributed by atoms with Crippen LogP contribution in [0.1, 0.15) is 21.6 Å². The first kappa shape index (κ1) is 20.4. The Bertz CT molecular complexity index is 1260. The predicted molar refractivity (Wildman–Crippen MR) is 119 cm³/mol. The van der Waals surface area contributed by atoms with E-state index in [0.717, 1.165) is 27.7 Å². The maximum Gasteiger partial charge on any atom is 0.252 e. The van der Waals surface area contributed by atoms with Gasteiger partial charge in [-0.25, -0.2) is 4.98 Å². The number of nitrogens with zero attached hydrogens (tertiary/aromatic N) is 3. The zero-order chi connectivity index (χ0) is 22.0. The molecule has 7 heteroatoms. The van der Waals surface area contributed by atoms with Crippen molar-refractivity contribution >= 4 is 16.8 Å². The molecule has 0 aliphatic heterocycles. The number of fused-ring (bicyclic) bond motifs is 1. The highest BCUT2D eigenvalue weighted by Crippen LogP contribution is 2.34. The van der Waals surface area contributed by atoms with Crippen molar-refractivity contribution in [2.45, 2.75) is 13.5 Å². The number of aromatic nitrogens is 3. The molecule has 0 saturated carbocycles. The first-order valence-corrected chi connectivity index (χ1v) is 9.89. The monoisotopic (exact) mass is 416 g/mol. The average Bonchev–Trinajstić information content (AvgIpc) is 3.12. The lowest BCUT2D eigenvalue weighted by Gasteiger charge is -2.13. The summed E-state index contributed by atoms with van der Waals surface area (Å²) in [6, 6.07) is 14.9. The molecular formula is C24H24N4O3. The number of aryl methyl sites for hydroxylation is 2. The largest absolute Gasteiger partial charge is 0.497 e. The number of benzene rings is 2. The van der Waals surface area contributed by atoms with Crippen molar-refractivity contribution in [3.63, 3.8) is 0 Å². The summed E-state index contributed by atoms with van der Waals surface area (Å²) in [5.74, 6) is 1.16. The molecule has 4 rings (SSSR count). The van der Waals surface area contributed by atoms with Gasteiger partial charge >= 0.3 is 0 Å². The van der Waals surface area contributed by atoms with Crippen LogP contribution in [0.3, 0.4) is 0 Å². The van der Waals surface area contributed by atoms with Gasteiger partial charge in [0.05, 0.1) is 36.7 Å². The first-order chi connectivity index (χ1) is 15.0. The van der Waals surface area contributed by atoms with Gasteiger partial charge < -0.3 is 14.8 Å². The van der Waals surface area contributed by atoms with Crippen LogP contribution in [-0.2, 0) is 13.6 Å². The minimum Gasteiger partial charge on any atom is -0.497 e. The van der Waals surface area contributed by atoms with Crippen molar-refractivity contribution in [3.8, 4) is 22.8 Å². The third-order valence-corrected chi connectivity index (χ3v) is 5.20. The van der Waals surface area contributed by atoms with Gasteiger partial charge in [-0.2, -0.15) is 5.10 Å². The molecule has 0 spiro atoms. The van der Waals surface area contributed by atoms with Gasteiger partial charge in [-0.3, -0.25) is 9.48 Å². The zero-order valence-corrected chi connectivity index (χ0v) is 18.0. The summed E-state index contributed by atoms with van der Waals surface area (Å²) in [6.07, 6.45) is 1.91. The van der Waals surface area contributed by atoms with Crippen LogP contribution >= 0.6 is 0 Å². The fourth-order valence-corrected chi connectivity index (χ4v) is 3.61. The molecule has 0 aliphatic carbocycles. The molecule has 31 heavy (non-hydrogen) atoms. The molecule has 0 radical (unpaired) electrons. The lowest BCUT2D eigenvalue weighted by molar-refractivity contribution is 0.0952. The number of nitrogens with one attached hydrogen (secondary N) is 1. The number of methoxy groups -OCH3 is 2. The lowest BCUT2D eigenvalue weighted by atomic mass is 10.0. The topological polar surface area (TPSA) is 78.3 Å². The summed E-state index contributed by atoms with van der Waals surface area (Å²) < 4.78 is 12.6. The van der Waals surface area contributed by atoms with Crippen molar-refractivity contribution in [1.82, 2.24) is 20.1 Å². The average molecular weight is 416 g/mol. The van der Waals surface area contributed by atoms with E-state index in [1.54, 1.807) is 25.0 Å². The highest BCUT2D eigenvalue weighted by atomic mass is 16.5. The standard InChI is InChI=1S/C24H24N4O3/c1-15-16(14-28(2)27-15)13-25-24(29)19-12-22(26-21-8-6-5-7-18(19)21)20-11-17(30-3)9-10-23(20)31-4/h5-12,14H,13H2,1-4H3,(H,25,29). The molecule has 0 fully saturated rings. The molecular weight excluding hydrogens is 392 g/mol. The van der Waals surface area contributed by atoms with Crippen molar-refractivity contribution in [3.05, 3.63) is 71.5 Å². The maximum absolute atomic E-state index is 13.2. The zero-order valence-electron chi connectivity index (χ0n) is 18.0. The Balaban J connectivity index is 1.77. The minimum absolute atomic E-state index is 0.176. The summed E-state index contributed by atoms with van der Waals surface area (Å²) >= 11 is 0. The second-order valence-corrected chi connectivity index (χ2v) is 7.23. The second kappa shape index (κ2) is 8.47. The summed E-state index contributed by atoms with van der Waals surface area (Å²) in [5, 5.41) is 8.13. The molecule has 1 amide bonds. The number of hydrogen-bond donors (Lipinski definition) is 1. The van der Waals surface area contributed by atoms with Crippen LogP contribution in [0.4, 0.5) is 0 Å². The Morgan fingerprint density at radius 2 is 1.90 bits per heavy atom. The number of amides is 1. The van der Waals surface area contributed by atoms with Crippen LogP contribution in [-0.4, -0.2) is 34.9 Å². The van der Waals surface area contributed by atoms with E-state index in [9.17, 15) is 4.79 Å². The van der Waals surface area contributed by atoms with Gasteiger partial charge in [0.2, 0.25) is 0 Å². The molecule has 1 N–H and O–H groups in total. The minimum atomic E-state index is -0.176. The Morgan fingerprint density at radius 1 is 1.10 bits per heavy atom. The molecule has 4 aromatic rings. The molecule has 2 aromatic heterocycles. The van der Waals surface area contributed by atoms with E-state index in [0.29, 0.717) is 29.3 Å². The van der Waals surface area contributed by atoms with Crippen LogP contribution in [0.2, 0.25) is 0 Å². The summed E-state index contributed by atoms with van der Waals surface area (Å²) in [5.41, 5.74) is 4.54. The summed E-state index contributed by atoms with van der Waals surface area (Å²) in [6.45, 7) is 2.32. The molecule has 0 bridgehead atoms. The third kappa shape index (κ3) is 4.07. The molecule has 0 unspecified atom stereocenters. The number of ether oxygens (including phenoxy) is 2. The Kier molecular flexibility index (Phi) is 5.58. The predicted octanol–water partition coefficient (Wildman–Crippen LogP) is 3.89. The van der Waals surface area contributed by atoms with Crippen LogP contribution in [0.25, 0.3) is 22.2 Å². The highest BCUT2D eigenvalue weighted by molar-refractivity contribution is 6.07. The third-order valence-electron chi connectivity index (χ3n) is 5.20. The number of hydrogen-bond acceptors (Lipinski definition) is 5. The first-order valence-electron chi connectivity index (χ1n) is 9.89. The summed E-state index contributed by atoms with van der Waals surface area (Å²) in [4.78, 5) is 18.0. The SMILES string of the molecule is COc1ccc(OC)c(-c2cc(C(=O)NCc3cn(C)nc3C)c3ccccc3n2)c1. The number of pyridine rings is 1. The van der Waals surface area contributed by atoms with Crippen LogP contribution in [0.5, 0.6) is 11.5 Å². The van der Waals surface area contributed by atoms with Crippen LogP contribution < -0.4 is 14.8 Å². The molecule has 0 saturated heterocycles. The smallest absolute Gasteiger partial charge is 0.252 e. The van der Waals surface area contributed by atoms with E-state index < -0.39 is 0 Å². The van der Waals surface area contributed by atoms with Gasteiger partial charge in [0.25, 0.3) is 5.91 Å². The number of rotatable bonds is 6.